The summed E-state index contributed by atoms with van der Waals surface area (Å²) in [5.74, 6) is -0.260. The second-order valence-electron chi connectivity index (χ2n) is 7.30. The van der Waals surface area contributed by atoms with Crippen LogP contribution in [0.15, 0.2) is 36.4 Å². The Hall–Kier alpha value is -3.51. The molecule has 1 atom stereocenters. The van der Waals surface area contributed by atoms with Gasteiger partial charge in [0, 0.05) is 18.7 Å². The highest BCUT2D eigenvalue weighted by atomic mass is 35.5. The minimum absolute atomic E-state index is 0.0271. The van der Waals surface area contributed by atoms with Crippen LogP contribution in [0.4, 0.5) is 5.69 Å². The molecule has 186 valence electrons. The van der Waals surface area contributed by atoms with Crippen molar-refractivity contribution in [1.29, 1.82) is 0 Å². The molecule has 1 aliphatic rings. The number of nitrogens with one attached hydrogen (secondary N) is 2. The number of carbonyl (C=O) groups excluding carboxylic acids is 3. The summed E-state index contributed by atoms with van der Waals surface area (Å²) in [6.07, 6.45) is 2.08. The maximum atomic E-state index is 12.6. The fraction of sp³-hybridized carbons (Fsp3) is 0.318. The molecule has 35 heavy (non-hydrogen) atoms. The van der Waals surface area contributed by atoms with E-state index in [-0.39, 0.29) is 36.0 Å². The van der Waals surface area contributed by atoms with Gasteiger partial charge in [-0.05, 0) is 42.2 Å². The number of carbonyl (C=O) groups is 3. The Balaban J connectivity index is 1.53. The van der Waals surface area contributed by atoms with Crippen molar-refractivity contribution in [3.63, 3.8) is 0 Å². The molecule has 2 N–H and O–H groups in total. The van der Waals surface area contributed by atoms with E-state index >= 15 is 0 Å². The first kappa shape index (κ1) is 26.1. The monoisotopic (exact) mass is 523 g/mol. The summed E-state index contributed by atoms with van der Waals surface area (Å²) in [5.41, 5.74) is 0.483. The van der Waals surface area contributed by atoms with Gasteiger partial charge in [-0.2, -0.15) is 11.8 Å². The third-order valence-electron chi connectivity index (χ3n) is 4.88. The van der Waals surface area contributed by atoms with Crippen molar-refractivity contribution >= 4 is 46.8 Å². The van der Waals surface area contributed by atoms with E-state index in [1.54, 1.807) is 18.2 Å². The van der Waals surface area contributed by atoms with Crippen molar-refractivity contribution in [1.82, 2.24) is 10.6 Å². The number of hydrogen-bond donors (Lipinski definition) is 2. The molecule has 1 aliphatic heterocycles. The largest absolute Gasteiger partial charge is 0.454 e. The lowest BCUT2D eigenvalue weighted by atomic mass is 10.1. The zero-order chi connectivity index (χ0) is 25.4. The number of halogens is 1. The van der Waals surface area contributed by atoms with Gasteiger partial charge in [0.2, 0.25) is 6.79 Å². The number of thioether (sulfide) groups is 1. The Morgan fingerprint density at radius 1 is 1.20 bits per heavy atom. The number of rotatable bonds is 11. The third kappa shape index (κ3) is 7.23. The van der Waals surface area contributed by atoms with Crippen LogP contribution in [0.3, 0.4) is 0 Å². The molecule has 3 rings (SSSR count). The number of nitro benzene ring substituents is 1. The smallest absolute Gasteiger partial charge is 0.329 e. The molecule has 2 aromatic carbocycles. The molecule has 0 aromatic heterocycles. The molecular weight excluding hydrogens is 502 g/mol. The molecule has 0 aliphatic carbocycles. The SMILES string of the molecule is CSCCC(NC(=O)c1ccc([N+](=O)[O-])cc1Cl)C(=O)OCC(=O)NCc1ccc2c(c1)OCO2. The van der Waals surface area contributed by atoms with E-state index in [4.69, 9.17) is 25.8 Å². The van der Waals surface area contributed by atoms with Crippen molar-refractivity contribution in [2.24, 2.45) is 0 Å². The van der Waals surface area contributed by atoms with Crippen LogP contribution in [0.2, 0.25) is 5.02 Å². The third-order valence-corrected chi connectivity index (χ3v) is 5.84. The Labute approximate surface area is 209 Å². The molecule has 11 nitrogen and oxygen atoms in total. The lowest BCUT2D eigenvalue weighted by Gasteiger charge is -2.17. The fourth-order valence-corrected chi connectivity index (χ4v) is 3.79. The van der Waals surface area contributed by atoms with Gasteiger partial charge in [-0.25, -0.2) is 4.79 Å². The Kier molecular flexibility index (Phi) is 9.15. The summed E-state index contributed by atoms with van der Waals surface area (Å²) in [7, 11) is 0. The first-order valence-corrected chi connectivity index (χ1v) is 12.1. The fourth-order valence-electron chi connectivity index (χ4n) is 3.06. The molecule has 2 aromatic rings. The molecule has 1 heterocycles. The van der Waals surface area contributed by atoms with E-state index in [1.807, 2.05) is 6.26 Å². The van der Waals surface area contributed by atoms with Crippen LogP contribution in [0.25, 0.3) is 0 Å². The average molecular weight is 524 g/mol. The van der Waals surface area contributed by atoms with Crippen LogP contribution in [0, 0.1) is 10.1 Å². The predicted molar refractivity (Wildman–Crippen MR) is 128 cm³/mol. The average Bonchev–Trinajstić information content (AvgIpc) is 3.31. The molecule has 0 fully saturated rings. The van der Waals surface area contributed by atoms with Crippen molar-refractivity contribution < 1.29 is 33.5 Å². The maximum Gasteiger partial charge on any atom is 0.329 e. The highest BCUT2D eigenvalue weighted by Gasteiger charge is 2.25. The highest BCUT2D eigenvalue weighted by molar-refractivity contribution is 7.98. The quantitative estimate of drug-likeness (QED) is 0.258. The maximum absolute atomic E-state index is 12.6. The van der Waals surface area contributed by atoms with Gasteiger partial charge in [0.05, 0.1) is 15.5 Å². The molecule has 0 saturated heterocycles. The van der Waals surface area contributed by atoms with Crippen LogP contribution < -0.4 is 20.1 Å². The summed E-state index contributed by atoms with van der Waals surface area (Å²) in [5, 5.41) is 15.9. The van der Waals surface area contributed by atoms with Crippen LogP contribution >= 0.6 is 23.4 Å². The summed E-state index contributed by atoms with van der Waals surface area (Å²) in [4.78, 5) is 47.6. The molecule has 0 bridgehead atoms. The molecule has 0 saturated carbocycles. The number of amides is 2. The minimum Gasteiger partial charge on any atom is -0.454 e. The van der Waals surface area contributed by atoms with E-state index in [0.717, 1.165) is 17.7 Å². The molecule has 2 amide bonds. The topological polar surface area (TPSA) is 146 Å². The van der Waals surface area contributed by atoms with E-state index in [2.05, 4.69) is 10.6 Å². The van der Waals surface area contributed by atoms with Crippen molar-refractivity contribution in [2.75, 3.05) is 25.4 Å². The standard InChI is InChI=1S/C22H22ClN3O8S/c1-35-7-6-17(25-21(28)15-4-3-14(26(30)31)9-16(15)23)22(29)32-11-20(27)24-10-13-2-5-18-19(8-13)34-12-33-18/h2-5,8-9,17H,6-7,10-12H2,1H3,(H,24,27)(H,25,28). The number of nitrogens with zero attached hydrogens (tertiary/aromatic N) is 1. The van der Waals surface area contributed by atoms with Gasteiger partial charge < -0.3 is 24.8 Å². The van der Waals surface area contributed by atoms with Gasteiger partial charge in [-0.15, -0.1) is 0 Å². The predicted octanol–water partition coefficient (Wildman–Crippen LogP) is 2.69. The lowest BCUT2D eigenvalue weighted by Crippen LogP contribution is -2.43. The molecule has 0 spiro atoms. The van der Waals surface area contributed by atoms with Gasteiger partial charge in [0.25, 0.3) is 17.5 Å². The van der Waals surface area contributed by atoms with Crippen LogP contribution in [-0.4, -0.2) is 54.2 Å². The zero-order valence-electron chi connectivity index (χ0n) is 18.6. The summed E-state index contributed by atoms with van der Waals surface area (Å²) in [6, 6.07) is 7.61. The first-order chi connectivity index (χ1) is 16.8. The summed E-state index contributed by atoms with van der Waals surface area (Å²) in [6.45, 7) is -0.197. The Morgan fingerprint density at radius 3 is 2.69 bits per heavy atom. The normalized spacial score (nSPS) is 12.5. The Bertz CT molecular complexity index is 1130. The lowest BCUT2D eigenvalue weighted by molar-refractivity contribution is -0.384. The summed E-state index contributed by atoms with van der Waals surface area (Å²) < 4.78 is 15.6. The molecule has 13 heteroatoms. The number of fused-ring (bicyclic) bond motifs is 1. The van der Waals surface area contributed by atoms with Gasteiger partial charge in [-0.3, -0.25) is 19.7 Å². The van der Waals surface area contributed by atoms with E-state index in [0.29, 0.717) is 17.3 Å². The van der Waals surface area contributed by atoms with Crippen molar-refractivity contribution in [3.05, 3.63) is 62.7 Å². The number of esters is 1. The second-order valence-corrected chi connectivity index (χ2v) is 8.69. The first-order valence-electron chi connectivity index (χ1n) is 10.3. The van der Waals surface area contributed by atoms with Crippen molar-refractivity contribution in [3.8, 4) is 11.5 Å². The van der Waals surface area contributed by atoms with Gasteiger partial charge >= 0.3 is 5.97 Å². The number of ether oxygens (including phenoxy) is 3. The number of benzene rings is 2. The van der Waals surface area contributed by atoms with E-state index < -0.39 is 35.4 Å². The van der Waals surface area contributed by atoms with Crippen LogP contribution in [-0.2, 0) is 20.9 Å². The number of nitro groups is 1. The van der Waals surface area contributed by atoms with Gasteiger partial charge in [0.15, 0.2) is 18.1 Å². The van der Waals surface area contributed by atoms with Crippen LogP contribution in [0.5, 0.6) is 11.5 Å². The van der Waals surface area contributed by atoms with Gasteiger partial charge in [0.1, 0.15) is 6.04 Å². The molecule has 0 radical (unpaired) electrons. The van der Waals surface area contributed by atoms with E-state index in [9.17, 15) is 24.5 Å². The van der Waals surface area contributed by atoms with Crippen LogP contribution in [0.1, 0.15) is 22.3 Å². The number of hydrogen-bond acceptors (Lipinski definition) is 9. The minimum atomic E-state index is -1.04. The number of non-ortho nitro benzene ring substituents is 1. The highest BCUT2D eigenvalue weighted by Crippen LogP contribution is 2.32. The van der Waals surface area contributed by atoms with Crippen molar-refractivity contribution in [2.45, 2.75) is 19.0 Å². The molecule has 1 unspecified atom stereocenters. The molecular formula is C22H22ClN3O8S. The van der Waals surface area contributed by atoms with Gasteiger partial charge in [-0.1, -0.05) is 17.7 Å². The second kappa shape index (κ2) is 12.3. The Morgan fingerprint density at radius 2 is 1.97 bits per heavy atom. The van der Waals surface area contributed by atoms with E-state index in [1.165, 1.54) is 17.8 Å². The zero-order valence-corrected chi connectivity index (χ0v) is 20.1. The summed E-state index contributed by atoms with van der Waals surface area (Å²) >= 11 is 7.46.